The number of carbonyl (C=O) groups excluding carboxylic acids is 5. The van der Waals surface area contributed by atoms with Crippen LogP contribution in [0.2, 0.25) is 0 Å². The first kappa shape index (κ1) is 28.9. The van der Waals surface area contributed by atoms with Crippen LogP contribution < -0.4 is 32.7 Å². The number of amides is 6. The molecule has 33 heavy (non-hydrogen) atoms. The van der Waals surface area contributed by atoms with E-state index in [4.69, 9.17) is 11.5 Å². The molecule has 0 aliphatic heterocycles. The average molecular weight is 465 g/mol. The Labute approximate surface area is 192 Å². The Bertz CT molecular complexity index is 863. The number of rotatable bonds is 9. The molecule has 0 heterocycles. The van der Waals surface area contributed by atoms with Crippen molar-refractivity contribution >= 4 is 35.5 Å². The van der Waals surface area contributed by atoms with E-state index in [1.807, 2.05) is 6.92 Å². The fourth-order valence-electron chi connectivity index (χ4n) is 2.13. The molecule has 0 saturated heterocycles. The number of allylic oxidation sites excluding steroid dienone is 1. The maximum atomic E-state index is 12.0. The molecule has 0 spiro atoms. The number of urea groups is 1. The van der Waals surface area contributed by atoms with Gasteiger partial charge in [-0.2, -0.15) is 0 Å². The second kappa shape index (κ2) is 15.7. The van der Waals surface area contributed by atoms with Crippen molar-refractivity contribution in [2.75, 3.05) is 18.4 Å². The van der Waals surface area contributed by atoms with Crippen LogP contribution in [-0.4, -0.2) is 42.9 Å². The molecule has 6 amide bonds. The summed E-state index contributed by atoms with van der Waals surface area (Å²) < 4.78 is 4.65. The molecule has 0 aromatic heterocycles. The molecule has 0 atom stereocenters. The van der Waals surface area contributed by atoms with Gasteiger partial charge in [0, 0.05) is 19.2 Å². The smallest absolute Gasteiger partial charge is 0.404 e. The van der Waals surface area contributed by atoms with Crippen LogP contribution in [0.15, 0.2) is 35.5 Å². The largest absolute Gasteiger partial charge is 0.445 e. The fourth-order valence-corrected chi connectivity index (χ4v) is 2.13. The van der Waals surface area contributed by atoms with Gasteiger partial charge in [0.2, 0.25) is 11.8 Å². The topological polar surface area (TPSA) is 195 Å². The Morgan fingerprint density at radius 3 is 1.97 bits per heavy atom. The zero-order valence-corrected chi connectivity index (χ0v) is 19.2. The van der Waals surface area contributed by atoms with E-state index in [9.17, 15) is 24.0 Å². The second-order valence-electron chi connectivity index (χ2n) is 6.88. The first-order chi connectivity index (χ1) is 15.5. The fraction of sp³-hybridized carbons (Fsp3) is 0.381. The Hall–Kier alpha value is -4.09. The van der Waals surface area contributed by atoms with Crippen LogP contribution >= 0.6 is 0 Å². The molecule has 12 heteroatoms. The van der Waals surface area contributed by atoms with E-state index < -0.39 is 23.9 Å². The lowest BCUT2D eigenvalue weighted by Crippen LogP contribution is -2.38. The van der Waals surface area contributed by atoms with E-state index in [2.05, 4.69) is 26.0 Å². The number of nitrogens with two attached hydrogens (primary N) is 2. The van der Waals surface area contributed by atoms with E-state index in [0.717, 1.165) is 6.42 Å². The molecule has 0 bridgehead atoms. The van der Waals surface area contributed by atoms with Crippen LogP contribution in [0.1, 0.15) is 39.7 Å². The van der Waals surface area contributed by atoms with E-state index in [-0.39, 0.29) is 24.8 Å². The summed E-state index contributed by atoms with van der Waals surface area (Å²) in [4.78, 5) is 55.5. The summed E-state index contributed by atoms with van der Waals surface area (Å²) in [5, 5.41) is 9.91. The van der Waals surface area contributed by atoms with Crippen molar-refractivity contribution in [3.05, 3.63) is 41.1 Å². The second-order valence-corrected chi connectivity index (χ2v) is 6.88. The van der Waals surface area contributed by atoms with Gasteiger partial charge < -0.3 is 37.5 Å². The molecule has 1 aromatic rings. The number of ether oxygens (including phenoxy) is 1. The molecular weight excluding hydrogens is 432 g/mol. The van der Waals surface area contributed by atoms with Crippen LogP contribution in [0.3, 0.4) is 0 Å². The molecule has 0 fully saturated rings. The summed E-state index contributed by atoms with van der Waals surface area (Å²) in [7, 11) is 0. The summed E-state index contributed by atoms with van der Waals surface area (Å²) in [5.41, 5.74) is 11.6. The molecule has 1 rings (SSSR count). The summed E-state index contributed by atoms with van der Waals surface area (Å²) >= 11 is 0. The predicted octanol–water partition coefficient (Wildman–Crippen LogP) is 0.831. The maximum absolute atomic E-state index is 12.0. The minimum absolute atomic E-state index is 0.0360. The normalized spacial score (nSPS) is 9.33. The lowest BCUT2D eigenvalue weighted by molar-refractivity contribution is -0.123. The summed E-state index contributed by atoms with van der Waals surface area (Å²) in [6.07, 6.45) is 0.0660. The number of carbonyl (C=O) groups is 5. The van der Waals surface area contributed by atoms with Gasteiger partial charge >= 0.3 is 12.1 Å². The zero-order valence-electron chi connectivity index (χ0n) is 19.2. The summed E-state index contributed by atoms with van der Waals surface area (Å²) in [6.45, 7) is 7.06. The van der Waals surface area contributed by atoms with E-state index in [0.29, 0.717) is 23.4 Å². The highest BCUT2D eigenvalue weighted by atomic mass is 16.5. The van der Waals surface area contributed by atoms with Gasteiger partial charge in [0.05, 0.1) is 6.54 Å². The molecule has 0 saturated carbocycles. The Morgan fingerprint density at radius 2 is 1.55 bits per heavy atom. The van der Waals surface area contributed by atoms with Gasteiger partial charge in [-0.3, -0.25) is 14.4 Å². The van der Waals surface area contributed by atoms with Crippen molar-refractivity contribution < 1.29 is 28.7 Å². The van der Waals surface area contributed by atoms with Crippen molar-refractivity contribution in [1.29, 1.82) is 0 Å². The average Bonchev–Trinajstić information content (AvgIpc) is 2.74. The molecule has 182 valence electrons. The predicted molar refractivity (Wildman–Crippen MR) is 123 cm³/mol. The third-order valence-corrected chi connectivity index (χ3v) is 3.61. The molecular formula is C21H32N6O6. The molecule has 0 radical (unpaired) electrons. The van der Waals surface area contributed by atoms with E-state index >= 15 is 0 Å². The first-order valence-electron chi connectivity index (χ1n) is 10.0. The number of nitrogens with one attached hydrogen (secondary N) is 4. The van der Waals surface area contributed by atoms with Crippen molar-refractivity contribution in [2.45, 2.75) is 40.7 Å². The van der Waals surface area contributed by atoms with Crippen molar-refractivity contribution in [2.24, 2.45) is 11.5 Å². The number of anilines is 1. The standard InChI is InChI=1S/C17H22N4O5.C4H10N2O/c1-10(2)15(20-11(3)22)16(24)19-8-14(23)21-13-6-4-12(5-7-13)9-26-17(18)25;1-2-3-6-4(5)7/h4-7H,8-9H2,1-3H3,(H2,18,25)(H,19,24)(H,20,22)(H,21,23);2-3H2,1H3,(H3,5,6,7). The number of benzene rings is 1. The van der Waals surface area contributed by atoms with Crippen LogP contribution in [0, 0.1) is 0 Å². The van der Waals surface area contributed by atoms with Crippen LogP contribution in [-0.2, 0) is 25.7 Å². The highest BCUT2D eigenvalue weighted by molar-refractivity contribution is 6.01. The molecule has 1 aromatic carbocycles. The van der Waals surface area contributed by atoms with Gasteiger partial charge in [-0.1, -0.05) is 19.1 Å². The SMILES string of the molecule is CC(=O)NC(C(=O)NCC(=O)Nc1ccc(COC(N)=O)cc1)=C(C)C.CCCNC(N)=O. The van der Waals surface area contributed by atoms with E-state index in [1.54, 1.807) is 38.1 Å². The van der Waals surface area contributed by atoms with Crippen LogP contribution in [0.25, 0.3) is 0 Å². The van der Waals surface area contributed by atoms with Gasteiger partial charge in [-0.15, -0.1) is 0 Å². The molecule has 0 aliphatic rings. The molecule has 0 unspecified atom stereocenters. The first-order valence-corrected chi connectivity index (χ1v) is 10.0. The monoisotopic (exact) mass is 464 g/mol. The van der Waals surface area contributed by atoms with Crippen LogP contribution in [0.5, 0.6) is 0 Å². The highest BCUT2D eigenvalue weighted by Gasteiger charge is 2.14. The van der Waals surface area contributed by atoms with Gasteiger partial charge in [0.1, 0.15) is 12.3 Å². The van der Waals surface area contributed by atoms with E-state index in [1.165, 1.54) is 6.92 Å². The molecule has 12 nitrogen and oxygen atoms in total. The van der Waals surface area contributed by atoms with Crippen molar-refractivity contribution in [1.82, 2.24) is 16.0 Å². The maximum Gasteiger partial charge on any atom is 0.404 e. The third kappa shape index (κ3) is 14.5. The number of hydrogen-bond donors (Lipinski definition) is 6. The van der Waals surface area contributed by atoms with Crippen LogP contribution in [0.4, 0.5) is 15.3 Å². The van der Waals surface area contributed by atoms with Gasteiger partial charge in [0.25, 0.3) is 5.91 Å². The lowest BCUT2D eigenvalue weighted by atomic mass is 10.2. The summed E-state index contributed by atoms with van der Waals surface area (Å²) in [6, 6.07) is 6.13. The Morgan fingerprint density at radius 1 is 0.939 bits per heavy atom. The minimum Gasteiger partial charge on any atom is -0.445 e. The number of hydrogen-bond acceptors (Lipinski definition) is 6. The van der Waals surface area contributed by atoms with Crippen molar-refractivity contribution in [3.8, 4) is 0 Å². The quantitative estimate of drug-likeness (QED) is 0.293. The lowest BCUT2D eigenvalue weighted by Gasteiger charge is -2.11. The Balaban J connectivity index is 0.00000126. The Kier molecular flexibility index (Phi) is 13.7. The zero-order chi connectivity index (χ0) is 25.4. The van der Waals surface area contributed by atoms with Gasteiger partial charge in [-0.05, 0) is 43.5 Å². The number of primary amides is 2. The van der Waals surface area contributed by atoms with Gasteiger partial charge in [0.15, 0.2) is 0 Å². The highest BCUT2D eigenvalue weighted by Crippen LogP contribution is 2.10. The minimum atomic E-state index is -0.867. The van der Waals surface area contributed by atoms with Gasteiger partial charge in [-0.25, -0.2) is 9.59 Å². The third-order valence-electron chi connectivity index (χ3n) is 3.61. The molecule has 8 N–H and O–H groups in total. The van der Waals surface area contributed by atoms with Crippen molar-refractivity contribution in [3.63, 3.8) is 0 Å². The summed E-state index contributed by atoms with van der Waals surface area (Å²) in [5.74, 6) is -1.36. The molecule has 0 aliphatic carbocycles.